The van der Waals surface area contributed by atoms with Crippen molar-refractivity contribution in [2.24, 2.45) is 0 Å². The van der Waals surface area contributed by atoms with Crippen molar-refractivity contribution in [3.63, 3.8) is 0 Å². The number of nitrogens with one attached hydrogen (secondary N) is 1. The van der Waals surface area contributed by atoms with Crippen LogP contribution in [0.15, 0.2) is 40.9 Å². The predicted octanol–water partition coefficient (Wildman–Crippen LogP) is 4.47. The number of nitrogens with zero attached hydrogens (tertiary/aromatic N) is 2. The molecule has 2 aromatic carbocycles. The number of hydrogen-bond donors (Lipinski definition) is 1. The van der Waals surface area contributed by atoms with Crippen molar-refractivity contribution >= 4 is 44.9 Å². The van der Waals surface area contributed by atoms with Gasteiger partial charge in [0, 0.05) is 53.5 Å². The Morgan fingerprint density at radius 3 is 2.37 bits per heavy atom. The van der Waals surface area contributed by atoms with E-state index >= 15 is 0 Å². The van der Waals surface area contributed by atoms with Crippen molar-refractivity contribution < 1.29 is 14.3 Å². The molecule has 0 atom stereocenters. The zero-order valence-corrected chi connectivity index (χ0v) is 17.5. The summed E-state index contributed by atoms with van der Waals surface area (Å²) in [5.74, 6) is 1.15. The van der Waals surface area contributed by atoms with Gasteiger partial charge in [-0.3, -0.25) is 0 Å². The summed E-state index contributed by atoms with van der Waals surface area (Å²) in [5, 5.41) is 3.65. The van der Waals surface area contributed by atoms with Crippen LogP contribution < -0.4 is 19.7 Å². The zero-order valence-electron chi connectivity index (χ0n) is 15.2. The summed E-state index contributed by atoms with van der Waals surface area (Å²) in [6, 6.07) is 11.1. The first-order valence-corrected chi connectivity index (χ1v) is 9.67. The minimum atomic E-state index is -0.145. The van der Waals surface area contributed by atoms with Crippen molar-refractivity contribution in [2.75, 3.05) is 50.6 Å². The monoisotopic (exact) mass is 453 g/mol. The summed E-state index contributed by atoms with van der Waals surface area (Å²) in [6.07, 6.45) is 0. The number of carbonyl (C=O) groups is 1. The minimum absolute atomic E-state index is 0.145. The Morgan fingerprint density at radius 2 is 1.74 bits per heavy atom. The Balaban J connectivity index is 1.63. The molecule has 2 amide bonds. The van der Waals surface area contributed by atoms with Gasteiger partial charge < -0.3 is 24.6 Å². The van der Waals surface area contributed by atoms with Crippen LogP contribution in [0.5, 0.6) is 11.5 Å². The largest absolute Gasteiger partial charge is 0.493 e. The Hall–Kier alpha value is -2.12. The average Bonchev–Trinajstić information content (AvgIpc) is 2.69. The van der Waals surface area contributed by atoms with Crippen LogP contribution in [0.4, 0.5) is 16.2 Å². The lowest BCUT2D eigenvalue weighted by Crippen LogP contribution is -2.50. The molecule has 2 aromatic rings. The van der Waals surface area contributed by atoms with Gasteiger partial charge in [-0.05, 0) is 34.1 Å². The quantitative estimate of drug-likeness (QED) is 0.740. The summed E-state index contributed by atoms with van der Waals surface area (Å²) in [4.78, 5) is 16.7. The zero-order chi connectivity index (χ0) is 19.4. The Morgan fingerprint density at radius 1 is 1.07 bits per heavy atom. The highest BCUT2D eigenvalue weighted by Gasteiger charge is 2.22. The maximum Gasteiger partial charge on any atom is 0.322 e. The molecular weight excluding hydrogens is 434 g/mol. The van der Waals surface area contributed by atoms with Gasteiger partial charge in [-0.2, -0.15) is 0 Å². The molecule has 1 aliphatic heterocycles. The Kier molecular flexibility index (Phi) is 6.34. The molecule has 0 spiro atoms. The van der Waals surface area contributed by atoms with Crippen molar-refractivity contribution in [1.29, 1.82) is 0 Å². The molecule has 1 saturated heterocycles. The second-order valence-corrected chi connectivity index (χ2v) is 7.36. The fraction of sp³-hybridized carbons (Fsp3) is 0.316. The van der Waals surface area contributed by atoms with Crippen LogP contribution in [0.3, 0.4) is 0 Å². The molecule has 0 aromatic heterocycles. The van der Waals surface area contributed by atoms with Gasteiger partial charge in [-0.15, -0.1) is 0 Å². The van der Waals surface area contributed by atoms with E-state index in [1.54, 1.807) is 31.3 Å². The first-order valence-electron chi connectivity index (χ1n) is 8.50. The van der Waals surface area contributed by atoms with Crippen LogP contribution in [0, 0.1) is 0 Å². The summed E-state index contributed by atoms with van der Waals surface area (Å²) < 4.78 is 11.3. The van der Waals surface area contributed by atoms with Crippen LogP contribution in [0.25, 0.3) is 0 Å². The number of methoxy groups -OCH3 is 2. The van der Waals surface area contributed by atoms with Crippen LogP contribution in [0.1, 0.15) is 0 Å². The smallest absolute Gasteiger partial charge is 0.322 e. The van der Waals surface area contributed by atoms with Gasteiger partial charge in [0.2, 0.25) is 0 Å². The molecule has 8 heteroatoms. The van der Waals surface area contributed by atoms with Crippen LogP contribution in [-0.4, -0.2) is 51.3 Å². The molecule has 1 aliphatic rings. The van der Waals surface area contributed by atoms with Crippen LogP contribution in [0.2, 0.25) is 5.02 Å². The van der Waals surface area contributed by atoms with Crippen LogP contribution >= 0.6 is 27.5 Å². The number of hydrogen-bond acceptors (Lipinski definition) is 4. The lowest BCUT2D eigenvalue weighted by atomic mass is 10.2. The van der Waals surface area contributed by atoms with Gasteiger partial charge in [-0.1, -0.05) is 17.7 Å². The number of carbonyl (C=O) groups excluding carboxylic acids is 1. The molecule has 1 heterocycles. The highest BCUT2D eigenvalue weighted by molar-refractivity contribution is 9.10. The summed E-state index contributed by atoms with van der Waals surface area (Å²) >= 11 is 9.53. The van der Waals surface area contributed by atoms with Gasteiger partial charge in [0.25, 0.3) is 0 Å². The number of anilines is 2. The number of piperazine rings is 1. The third-order valence-corrected chi connectivity index (χ3v) is 5.35. The first-order chi connectivity index (χ1) is 13.0. The fourth-order valence-electron chi connectivity index (χ4n) is 2.98. The Bertz CT molecular complexity index is 826. The van der Waals surface area contributed by atoms with E-state index in [1.165, 1.54) is 0 Å². The molecule has 1 N–H and O–H groups in total. The molecule has 0 saturated carbocycles. The van der Waals surface area contributed by atoms with Crippen molar-refractivity contribution in [1.82, 2.24) is 4.90 Å². The first kappa shape index (κ1) is 19.6. The fourth-order valence-corrected chi connectivity index (χ4v) is 3.59. The van der Waals surface area contributed by atoms with E-state index in [0.717, 1.165) is 23.2 Å². The van der Waals surface area contributed by atoms with Crippen molar-refractivity contribution in [3.05, 3.63) is 45.9 Å². The molecule has 27 heavy (non-hydrogen) atoms. The molecule has 3 rings (SSSR count). The maximum atomic E-state index is 12.7. The average molecular weight is 455 g/mol. The van der Waals surface area contributed by atoms with Gasteiger partial charge in [0.1, 0.15) is 0 Å². The van der Waals surface area contributed by atoms with E-state index in [0.29, 0.717) is 35.3 Å². The topological polar surface area (TPSA) is 54.0 Å². The van der Waals surface area contributed by atoms with E-state index < -0.39 is 0 Å². The summed E-state index contributed by atoms with van der Waals surface area (Å²) in [6.45, 7) is 2.76. The maximum absolute atomic E-state index is 12.7. The second-order valence-electron chi connectivity index (χ2n) is 6.07. The second kappa shape index (κ2) is 8.71. The highest BCUT2D eigenvalue weighted by Crippen LogP contribution is 2.36. The van der Waals surface area contributed by atoms with E-state index in [-0.39, 0.29) is 6.03 Å². The molecular formula is C19H21BrClN3O3. The van der Waals surface area contributed by atoms with E-state index in [9.17, 15) is 4.79 Å². The molecule has 0 aliphatic carbocycles. The minimum Gasteiger partial charge on any atom is -0.493 e. The van der Waals surface area contributed by atoms with Gasteiger partial charge in [0.05, 0.1) is 19.9 Å². The SMILES string of the molecule is COc1cc(Br)c(NC(=O)N2CCN(c3cccc(Cl)c3)CC2)cc1OC. The number of benzene rings is 2. The summed E-state index contributed by atoms with van der Waals surface area (Å²) in [5.41, 5.74) is 1.71. The molecule has 144 valence electrons. The molecule has 6 nitrogen and oxygen atoms in total. The lowest BCUT2D eigenvalue weighted by Gasteiger charge is -2.36. The van der Waals surface area contributed by atoms with Crippen molar-refractivity contribution in [3.8, 4) is 11.5 Å². The molecule has 1 fully saturated rings. The molecule has 0 bridgehead atoms. The van der Waals surface area contributed by atoms with E-state index in [1.807, 2.05) is 24.3 Å². The molecule has 0 radical (unpaired) electrons. The van der Waals surface area contributed by atoms with Gasteiger partial charge in [0.15, 0.2) is 11.5 Å². The van der Waals surface area contributed by atoms with Gasteiger partial charge in [-0.25, -0.2) is 4.79 Å². The third kappa shape index (κ3) is 4.59. The molecule has 0 unspecified atom stereocenters. The van der Waals surface area contributed by atoms with Crippen LogP contribution in [-0.2, 0) is 0 Å². The van der Waals surface area contributed by atoms with E-state index in [2.05, 4.69) is 26.1 Å². The number of urea groups is 1. The lowest BCUT2D eigenvalue weighted by molar-refractivity contribution is 0.208. The van der Waals surface area contributed by atoms with Crippen molar-refractivity contribution in [2.45, 2.75) is 0 Å². The standard InChI is InChI=1S/C19H21BrClN3O3/c1-26-17-11-15(20)16(12-18(17)27-2)22-19(25)24-8-6-23(7-9-24)14-5-3-4-13(21)10-14/h3-5,10-12H,6-9H2,1-2H3,(H,22,25). The number of ether oxygens (including phenoxy) is 2. The highest BCUT2D eigenvalue weighted by atomic mass is 79.9. The van der Waals surface area contributed by atoms with E-state index in [4.69, 9.17) is 21.1 Å². The predicted molar refractivity (Wildman–Crippen MR) is 112 cm³/mol. The third-order valence-electron chi connectivity index (χ3n) is 4.46. The number of amides is 2. The van der Waals surface area contributed by atoms with Gasteiger partial charge >= 0.3 is 6.03 Å². The normalized spacial score (nSPS) is 14.1. The Labute approximate surface area is 172 Å². The summed E-state index contributed by atoms with van der Waals surface area (Å²) in [7, 11) is 3.13. The number of halogens is 2. The number of rotatable bonds is 4.